The van der Waals surface area contributed by atoms with Crippen LogP contribution in [0.3, 0.4) is 0 Å². The number of carbonyl (C=O) groups excluding carboxylic acids is 1. The molecule has 1 amide bonds. The van der Waals surface area contributed by atoms with Crippen molar-refractivity contribution in [1.29, 1.82) is 0 Å². The van der Waals surface area contributed by atoms with E-state index in [9.17, 15) is 4.79 Å². The van der Waals surface area contributed by atoms with Gasteiger partial charge in [0.05, 0.1) is 6.04 Å². The lowest BCUT2D eigenvalue weighted by Crippen LogP contribution is -2.56. The lowest BCUT2D eigenvalue weighted by molar-refractivity contribution is -0.135. The van der Waals surface area contributed by atoms with Crippen LogP contribution in [-0.2, 0) is 4.79 Å². The minimum Gasteiger partial charge on any atom is -0.339 e. The van der Waals surface area contributed by atoms with Gasteiger partial charge in [-0.25, -0.2) is 0 Å². The zero-order chi connectivity index (χ0) is 12.8. The summed E-state index contributed by atoms with van der Waals surface area (Å²) < 4.78 is 0. The number of piperazine rings is 1. The maximum absolute atomic E-state index is 12.1. The van der Waals surface area contributed by atoms with Gasteiger partial charge in [0.15, 0.2) is 0 Å². The molecule has 1 rings (SSSR count). The van der Waals surface area contributed by atoms with Gasteiger partial charge in [-0.1, -0.05) is 26.7 Å². The highest BCUT2D eigenvalue weighted by Crippen LogP contribution is 2.11. The number of rotatable bonds is 5. The standard InChI is InChI=1S/C13H27N3O/c1-4-6-7-12(14)13(17)16-9-8-15(5-2)11(3)10-16/h11-12H,4-10,14H2,1-3H3. The van der Waals surface area contributed by atoms with Crippen LogP contribution < -0.4 is 5.73 Å². The van der Waals surface area contributed by atoms with Gasteiger partial charge < -0.3 is 10.6 Å². The molecule has 0 aromatic carbocycles. The Bertz CT molecular complexity index is 245. The quantitative estimate of drug-likeness (QED) is 0.783. The maximum atomic E-state index is 12.1. The predicted molar refractivity (Wildman–Crippen MR) is 70.8 cm³/mol. The van der Waals surface area contributed by atoms with Crippen LogP contribution in [-0.4, -0.2) is 54.0 Å². The lowest BCUT2D eigenvalue weighted by atomic mass is 10.1. The third kappa shape index (κ3) is 3.96. The Balaban J connectivity index is 2.43. The van der Waals surface area contributed by atoms with E-state index in [-0.39, 0.29) is 11.9 Å². The first kappa shape index (κ1) is 14.5. The molecule has 1 heterocycles. The average Bonchev–Trinajstić information content (AvgIpc) is 2.34. The third-order valence-corrected chi connectivity index (χ3v) is 3.67. The molecule has 17 heavy (non-hydrogen) atoms. The van der Waals surface area contributed by atoms with Crippen molar-refractivity contribution >= 4 is 5.91 Å². The lowest BCUT2D eigenvalue weighted by Gasteiger charge is -2.40. The molecule has 4 heteroatoms. The van der Waals surface area contributed by atoms with Crippen LogP contribution >= 0.6 is 0 Å². The van der Waals surface area contributed by atoms with Crippen LogP contribution in [0.1, 0.15) is 40.0 Å². The molecule has 0 radical (unpaired) electrons. The molecule has 4 nitrogen and oxygen atoms in total. The summed E-state index contributed by atoms with van der Waals surface area (Å²) in [6.07, 6.45) is 2.95. The first-order chi connectivity index (χ1) is 8.10. The molecule has 1 fully saturated rings. The summed E-state index contributed by atoms with van der Waals surface area (Å²) in [6, 6.07) is 0.159. The summed E-state index contributed by atoms with van der Waals surface area (Å²) in [6.45, 7) is 10.2. The molecule has 2 N–H and O–H groups in total. The fourth-order valence-corrected chi connectivity index (χ4v) is 2.45. The van der Waals surface area contributed by atoms with Gasteiger partial charge in [0.25, 0.3) is 0 Å². The highest BCUT2D eigenvalue weighted by atomic mass is 16.2. The van der Waals surface area contributed by atoms with E-state index >= 15 is 0 Å². The number of hydrogen-bond acceptors (Lipinski definition) is 3. The third-order valence-electron chi connectivity index (χ3n) is 3.67. The minimum absolute atomic E-state index is 0.140. The fourth-order valence-electron chi connectivity index (χ4n) is 2.45. The highest BCUT2D eigenvalue weighted by Gasteiger charge is 2.28. The molecule has 2 atom stereocenters. The summed E-state index contributed by atoms with van der Waals surface area (Å²) in [4.78, 5) is 16.5. The SMILES string of the molecule is CCCCC(N)C(=O)N1CCN(CC)C(C)C1. The number of likely N-dealkylation sites (N-methyl/N-ethyl adjacent to an activating group) is 1. The van der Waals surface area contributed by atoms with Crippen molar-refractivity contribution in [3.63, 3.8) is 0 Å². The van der Waals surface area contributed by atoms with E-state index < -0.39 is 0 Å². The molecule has 2 unspecified atom stereocenters. The van der Waals surface area contributed by atoms with Gasteiger partial charge in [-0.2, -0.15) is 0 Å². The van der Waals surface area contributed by atoms with Gasteiger partial charge in [-0.15, -0.1) is 0 Å². The summed E-state index contributed by atoms with van der Waals surface area (Å²) in [5, 5.41) is 0. The van der Waals surface area contributed by atoms with E-state index in [1.54, 1.807) is 0 Å². The first-order valence-corrected chi connectivity index (χ1v) is 6.88. The number of nitrogens with zero attached hydrogens (tertiary/aromatic N) is 2. The van der Waals surface area contributed by atoms with E-state index in [1.165, 1.54) is 0 Å². The smallest absolute Gasteiger partial charge is 0.239 e. The van der Waals surface area contributed by atoms with E-state index in [0.29, 0.717) is 6.04 Å². The number of unbranched alkanes of at least 4 members (excludes halogenated alkanes) is 1. The minimum atomic E-state index is -0.296. The summed E-state index contributed by atoms with van der Waals surface area (Å²) >= 11 is 0. The first-order valence-electron chi connectivity index (χ1n) is 6.88. The number of carbonyl (C=O) groups is 1. The Morgan fingerprint density at radius 3 is 2.65 bits per heavy atom. The van der Waals surface area contributed by atoms with E-state index in [2.05, 4.69) is 25.7 Å². The monoisotopic (exact) mass is 241 g/mol. The molecule has 0 aliphatic carbocycles. The van der Waals surface area contributed by atoms with Crippen molar-refractivity contribution in [2.45, 2.75) is 52.1 Å². The van der Waals surface area contributed by atoms with E-state index in [1.807, 2.05) is 4.90 Å². The average molecular weight is 241 g/mol. The van der Waals surface area contributed by atoms with Gasteiger partial charge in [0.2, 0.25) is 5.91 Å². The largest absolute Gasteiger partial charge is 0.339 e. The fraction of sp³-hybridized carbons (Fsp3) is 0.923. The van der Waals surface area contributed by atoms with Crippen molar-refractivity contribution in [3.8, 4) is 0 Å². The molecule has 0 saturated carbocycles. The zero-order valence-corrected chi connectivity index (χ0v) is 11.5. The van der Waals surface area contributed by atoms with Gasteiger partial charge >= 0.3 is 0 Å². The van der Waals surface area contributed by atoms with Gasteiger partial charge in [-0.3, -0.25) is 9.69 Å². The second kappa shape index (κ2) is 6.97. The van der Waals surface area contributed by atoms with E-state index in [4.69, 9.17) is 5.73 Å². The summed E-state index contributed by atoms with van der Waals surface area (Å²) in [5.41, 5.74) is 5.94. The van der Waals surface area contributed by atoms with Crippen LogP contribution in [0.4, 0.5) is 0 Å². The van der Waals surface area contributed by atoms with Crippen LogP contribution in [0, 0.1) is 0 Å². The number of hydrogen-bond donors (Lipinski definition) is 1. The Morgan fingerprint density at radius 2 is 2.12 bits per heavy atom. The second-order valence-corrected chi connectivity index (χ2v) is 5.01. The van der Waals surface area contributed by atoms with E-state index in [0.717, 1.165) is 45.4 Å². The molecule has 0 spiro atoms. The Hall–Kier alpha value is -0.610. The number of nitrogens with two attached hydrogens (primary N) is 1. The van der Waals surface area contributed by atoms with Crippen LogP contribution in [0.2, 0.25) is 0 Å². The maximum Gasteiger partial charge on any atom is 0.239 e. The summed E-state index contributed by atoms with van der Waals surface area (Å²) in [5.74, 6) is 0.140. The molecule has 0 bridgehead atoms. The number of amides is 1. The van der Waals surface area contributed by atoms with Gasteiger partial charge in [-0.05, 0) is 19.9 Å². The normalized spacial score (nSPS) is 23.8. The van der Waals surface area contributed by atoms with Crippen molar-refractivity contribution in [2.24, 2.45) is 5.73 Å². The highest BCUT2D eigenvalue weighted by molar-refractivity contribution is 5.81. The van der Waals surface area contributed by atoms with Crippen molar-refractivity contribution in [1.82, 2.24) is 9.80 Å². The molecule has 1 aliphatic rings. The predicted octanol–water partition coefficient (Wildman–Crippen LogP) is 1.06. The van der Waals surface area contributed by atoms with Gasteiger partial charge in [0, 0.05) is 25.7 Å². The Kier molecular flexibility index (Phi) is 5.92. The topological polar surface area (TPSA) is 49.6 Å². The Labute approximate surface area is 105 Å². The van der Waals surface area contributed by atoms with Crippen molar-refractivity contribution in [3.05, 3.63) is 0 Å². The molecular formula is C13H27N3O. The Morgan fingerprint density at radius 1 is 1.41 bits per heavy atom. The summed E-state index contributed by atoms with van der Waals surface area (Å²) in [7, 11) is 0. The molecule has 100 valence electrons. The van der Waals surface area contributed by atoms with Crippen molar-refractivity contribution < 1.29 is 4.79 Å². The second-order valence-electron chi connectivity index (χ2n) is 5.01. The molecule has 0 aromatic heterocycles. The molecule has 1 saturated heterocycles. The molecular weight excluding hydrogens is 214 g/mol. The molecule has 0 aromatic rings. The van der Waals surface area contributed by atoms with Crippen LogP contribution in [0.15, 0.2) is 0 Å². The van der Waals surface area contributed by atoms with Crippen molar-refractivity contribution in [2.75, 3.05) is 26.2 Å². The van der Waals surface area contributed by atoms with Crippen LogP contribution in [0.25, 0.3) is 0 Å². The van der Waals surface area contributed by atoms with Crippen LogP contribution in [0.5, 0.6) is 0 Å². The zero-order valence-electron chi connectivity index (χ0n) is 11.5. The van der Waals surface area contributed by atoms with Gasteiger partial charge in [0.1, 0.15) is 0 Å². The molecule has 1 aliphatic heterocycles.